The van der Waals surface area contributed by atoms with Crippen LogP contribution in [0.3, 0.4) is 0 Å². The van der Waals surface area contributed by atoms with Crippen LogP contribution in [0.2, 0.25) is 0 Å². The third-order valence-electron chi connectivity index (χ3n) is 2.26. The molecule has 88 valence electrons. The summed E-state index contributed by atoms with van der Waals surface area (Å²) in [5.74, 6) is -0.330. The molecule has 0 fully saturated rings. The van der Waals surface area contributed by atoms with Gasteiger partial charge in [-0.15, -0.1) is 0 Å². The van der Waals surface area contributed by atoms with Gasteiger partial charge < -0.3 is 14.6 Å². The van der Waals surface area contributed by atoms with E-state index < -0.39 is 12.6 Å². The van der Waals surface area contributed by atoms with E-state index in [0.717, 1.165) is 15.6 Å². The van der Waals surface area contributed by atoms with E-state index in [2.05, 4.69) is 15.9 Å². The minimum absolute atomic E-state index is 0.272. The fourth-order valence-corrected chi connectivity index (χ4v) is 1.74. The summed E-state index contributed by atoms with van der Waals surface area (Å²) < 4.78 is 6.21. The maximum absolute atomic E-state index is 10.4. The maximum Gasteiger partial charge on any atom is 0.128 e. The lowest BCUT2D eigenvalue weighted by Crippen LogP contribution is -2.29. The second-order valence-electron chi connectivity index (χ2n) is 3.95. The highest BCUT2D eigenvalue weighted by Crippen LogP contribution is 2.32. The van der Waals surface area contributed by atoms with Crippen LogP contribution in [0, 0.1) is 6.92 Å². The van der Waals surface area contributed by atoms with Crippen molar-refractivity contribution in [2.45, 2.75) is 26.7 Å². The smallest absolute Gasteiger partial charge is 0.128 e. The normalized spacial score (nSPS) is 10.6. The standard InChI is InChI=1S/C12H15BrO3/c1-7(2)9-5-10(13)8(3)4-11(9)16-6-12(14)15/h4-5,7H,6H2,1-3H3,(H,14,15)/p-1. The van der Waals surface area contributed by atoms with Gasteiger partial charge >= 0.3 is 0 Å². The van der Waals surface area contributed by atoms with E-state index in [1.54, 1.807) is 0 Å². The fourth-order valence-electron chi connectivity index (χ4n) is 1.38. The van der Waals surface area contributed by atoms with Crippen molar-refractivity contribution < 1.29 is 14.6 Å². The molecule has 3 nitrogen and oxygen atoms in total. The summed E-state index contributed by atoms with van der Waals surface area (Å²) in [5, 5.41) is 10.4. The molecule has 0 N–H and O–H groups in total. The molecule has 1 rings (SSSR count). The predicted molar refractivity (Wildman–Crippen MR) is 63.5 cm³/mol. The molecule has 0 amide bonds. The minimum atomic E-state index is -1.21. The Kier molecular flexibility index (Phi) is 4.35. The molecule has 0 saturated heterocycles. The first-order chi connectivity index (χ1) is 7.41. The Morgan fingerprint density at radius 2 is 2.12 bits per heavy atom. The van der Waals surface area contributed by atoms with Crippen LogP contribution in [-0.2, 0) is 4.79 Å². The minimum Gasteiger partial charge on any atom is -0.546 e. The Balaban J connectivity index is 3.04. The van der Waals surface area contributed by atoms with Crippen LogP contribution in [-0.4, -0.2) is 12.6 Å². The van der Waals surface area contributed by atoms with Crippen molar-refractivity contribution in [1.82, 2.24) is 0 Å². The average molecular weight is 286 g/mol. The van der Waals surface area contributed by atoms with Gasteiger partial charge in [-0.1, -0.05) is 29.8 Å². The van der Waals surface area contributed by atoms with E-state index in [1.807, 2.05) is 32.9 Å². The highest BCUT2D eigenvalue weighted by atomic mass is 79.9. The number of ether oxygens (including phenoxy) is 1. The number of benzene rings is 1. The quantitative estimate of drug-likeness (QED) is 0.850. The van der Waals surface area contributed by atoms with Gasteiger partial charge in [0, 0.05) is 4.47 Å². The number of aryl methyl sites for hydroxylation is 1. The fraction of sp³-hybridized carbons (Fsp3) is 0.417. The van der Waals surface area contributed by atoms with Crippen molar-refractivity contribution in [1.29, 1.82) is 0 Å². The second kappa shape index (κ2) is 5.34. The predicted octanol–water partition coefficient (Wildman–Crippen LogP) is 2.01. The van der Waals surface area contributed by atoms with Gasteiger partial charge in [0.25, 0.3) is 0 Å². The summed E-state index contributed by atoms with van der Waals surface area (Å²) in [4.78, 5) is 10.4. The SMILES string of the molecule is Cc1cc(OCC(=O)[O-])c(C(C)C)cc1Br. The van der Waals surface area contributed by atoms with Crippen molar-refractivity contribution in [3.63, 3.8) is 0 Å². The lowest BCUT2D eigenvalue weighted by molar-refractivity contribution is -0.307. The maximum atomic E-state index is 10.4. The van der Waals surface area contributed by atoms with E-state index in [-0.39, 0.29) is 5.92 Å². The van der Waals surface area contributed by atoms with Crippen molar-refractivity contribution in [2.75, 3.05) is 6.61 Å². The number of carboxylic acids is 1. The first kappa shape index (κ1) is 13.0. The van der Waals surface area contributed by atoms with Crippen molar-refractivity contribution in [3.8, 4) is 5.75 Å². The zero-order valence-corrected chi connectivity index (χ0v) is 11.1. The van der Waals surface area contributed by atoms with E-state index >= 15 is 0 Å². The van der Waals surface area contributed by atoms with Gasteiger partial charge in [0.2, 0.25) is 0 Å². The number of carbonyl (C=O) groups is 1. The van der Waals surface area contributed by atoms with Crippen molar-refractivity contribution in [2.24, 2.45) is 0 Å². The molecule has 0 heterocycles. The first-order valence-corrected chi connectivity index (χ1v) is 5.83. The number of hydrogen-bond acceptors (Lipinski definition) is 3. The Labute approximate surface area is 104 Å². The highest BCUT2D eigenvalue weighted by molar-refractivity contribution is 9.10. The molecule has 16 heavy (non-hydrogen) atoms. The van der Waals surface area contributed by atoms with Crippen LogP contribution in [0.4, 0.5) is 0 Å². The molecule has 1 aromatic rings. The molecule has 0 bridgehead atoms. The number of carboxylic acid groups (broad SMARTS) is 1. The molecule has 0 aliphatic heterocycles. The molecule has 1 aromatic carbocycles. The van der Waals surface area contributed by atoms with Crippen LogP contribution in [0.25, 0.3) is 0 Å². The molecule has 0 atom stereocenters. The number of hydrogen-bond donors (Lipinski definition) is 0. The molecule has 0 radical (unpaired) electrons. The van der Waals surface area contributed by atoms with E-state index in [9.17, 15) is 9.90 Å². The molecule has 0 unspecified atom stereocenters. The summed E-state index contributed by atoms with van der Waals surface area (Å²) in [6, 6.07) is 3.80. The Morgan fingerprint density at radius 1 is 1.50 bits per heavy atom. The van der Waals surface area contributed by atoms with Gasteiger partial charge in [0.05, 0.1) is 5.97 Å². The van der Waals surface area contributed by atoms with E-state index in [1.165, 1.54) is 0 Å². The zero-order valence-electron chi connectivity index (χ0n) is 9.54. The Hall–Kier alpha value is -1.03. The van der Waals surface area contributed by atoms with Gasteiger partial charge in [-0.05, 0) is 36.1 Å². The summed E-state index contributed by atoms with van der Waals surface area (Å²) in [6.45, 7) is 5.58. The number of rotatable bonds is 4. The molecular formula is C12H14BrO3-. The van der Waals surface area contributed by atoms with Gasteiger partial charge in [-0.25, -0.2) is 0 Å². The Morgan fingerprint density at radius 3 is 2.62 bits per heavy atom. The first-order valence-electron chi connectivity index (χ1n) is 5.04. The number of halogens is 1. The van der Waals surface area contributed by atoms with Gasteiger partial charge in [-0.2, -0.15) is 0 Å². The van der Waals surface area contributed by atoms with Crippen LogP contribution in [0.1, 0.15) is 30.9 Å². The zero-order chi connectivity index (χ0) is 12.3. The molecule has 4 heteroatoms. The molecule has 0 aromatic heterocycles. The summed E-state index contributed by atoms with van der Waals surface area (Å²) in [5.41, 5.74) is 2.00. The third kappa shape index (κ3) is 3.23. The van der Waals surface area contributed by atoms with Crippen LogP contribution in [0.15, 0.2) is 16.6 Å². The number of carbonyl (C=O) groups excluding carboxylic acids is 1. The van der Waals surface area contributed by atoms with Gasteiger partial charge in [-0.3, -0.25) is 0 Å². The van der Waals surface area contributed by atoms with Crippen molar-refractivity contribution >= 4 is 21.9 Å². The third-order valence-corrected chi connectivity index (χ3v) is 3.11. The van der Waals surface area contributed by atoms with Crippen molar-refractivity contribution in [3.05, 3.63) is 27.7 Å². The summed E-state index contributed by atoms with van der Waals surface area (Å²) in [6.07, 6.45) is 0. The molecule has 0 aliphatic rings. The monoisotopic (exact) mass is 285 g/mol. The van der Waals surface area contributed by atoms with E-state index in [0.29, 0.717) is 5.75 Å². The van der Waals surface area contributed by atoms with Gasteiger partial charge in [0.1, 0.15) is 12.4 Å². The van der Waals surface area contributed by atoms with Crippen LogP contribution >= 0.6 is 15.9 Å². The molecule has 0 saturated carbocycles. The Bertz CT molecular complexity index is 399. The molecule has 0 aliphatic carbocycles. The number of aliphatic carboxylic acids is 1. The van der Waals surface area contributed by atoms with E-state index in [4.69, 9.17) is 4.74 Å². The molecule has 0 spiro atoms. The summed E-state index contributed by atoms with van der Waals surface area (Å²) in [7, 11) is 0. The summed E-state index contributed by atoms with van der Waals surface area (Å²) >= 11 is 3.44. The average Bonchev–Trinajstić information content (AvgIpc) is 2.18. The second-order valence-corrected chi connectivity index (χ2v) is 4.81. The van der Waals surface area contributed by atoms with Gasteiger partial charge in [0.15, 0.2) is 0 Å². The van der Waals surface area contributed by atoms with Crippen LogP contribution in [0.5, 0.6) is 5.75 Å². The molecular weight excluding hydrogens is 272 g/mol. The largest absolute Gasteiger partial charge is 0.546 e. The highest BCUT2D eigenvalue weighted by Gasteiger charge is 2.10. The lowest BCUT2D eigenvalue weighted by Gasteiger charge is -2.16. The lowest BCUT2D eigenvalue weighted by atomic mass is 10.0. The topological polar surface area (TPSA) is 49.4 Å². The van der Waals surface area contributed by atoms with Crippen LogP contribution < -0.4 is 9.84 Å².